The van der Waals surface area contributed by atoms with E-state index < -0.39 is 0 Å². The first-order valence-electron chi connectivity index (χ1n) is 18.7. The standard InChI is InChI=1S/C52H33NOS/c1-2-13-35(14-3-1)39-20-10-15-36-16-11-21-43(51(36)39)40-17-4-7-22-45(40)53(46-23-12-26-50-52(46)44-19-6-9-25-49(44)55-50)38-30-27-34(28-31-38)37-29-32-42-41-18-5-8-24-47(41)54-48(42)33-37/h1-33H. The number of rotatable bonds is 6. The van der Waals surface area contributed by atoms with Gasteiger partial charge >= 0.3 is 0 Å². The molecule has 0 saturated carbocycles. The minimum Gasteiger partial charge on any atom is -0.456 e. The van der Waals surface area contributed by atoms with E-state index in [0.717, 1.165) is 50.1 Å². The molecule has 2 nitrogen and oxygen atoms in total. The van der Waals surface area contributed by atoms with Crippen LogP contribution in [0.3, 0.4) is 0 Å². The quantitative estimate of drug-likeness (QED) is 0.170. The van der Waals surface area contributed by atoms with Crippen molar-refractivity contribution in [3.8, 4) is 33.4 Å². The van der Waals surface area contributed by atoms with Crippen molar-refractivity contribution in [1.29, 1.82) is 0 Å². The maximum absolute atomic E-state index is 6.28. The van der Waals surface area contributed by atoms with Crippen molar-refractivity contribution in [2.75, 3.05) is 4.90 Å². The summed E-state index contributed by atoms with van der Waals surface area (Å²) in [6.07, 6.45) is 0. The Kier molecular flexibility index (Phi) is 7.39. The Hall–Kier alpha value is -6.94. The molecule has 0 aliphatic heterocycles. The van der Waals surface area contributed by atoms with Gasteiger partial charge in [-0.25, -0.2) is 0 Å². The number of furan rings is 1. The molecule has 0 saturated heterocycles. The molecule has 0 aliphatic carbocycles. The first-order chi connectivity index (χ1) is 27.3. The van der Waals surface area contributed by atoms with Crippen LogP contribution in [-0.4, -0.2) is 0 Å². The largest absolute Gasteiger partial charge is 0.456 e. The molecule has 0 fully saturated rings. The maximum Gasteiger partial charge on any atom is 0.136 e. The highest BCUT2D eigenvalue weighted by atomic mass is 32.1. The highest BCUT2D eigenvalue weighted by molar-refractivity contribution is 7.26. The van der Waals surface area contributed by atoms with Crippen LogP contribution in [0.1, 0.15) is 0 Å². The van der Waals surface area contributed by atoms with Crippen LogP contribution in [0, 0.1) is 0 Å². The summed E-state index contributed by atoms with van der Waals surface area (Å²) < 4.78 is 8.84. The number of anilines is 3. The minimum absolute atomic E-state index is 0.902. The summed E-state index contributed by atoms with van der Waals surface area (Å²) in [7, 11) is 0. The number of hydrogen-bond acceptors (Lipinski definition) is 3. The Labute approximate surface area is 322 Å². The van der Waals surface area contributed by atoms with E-state index in [0.29, 0.717) is 0 Å². The lowest BCUT2D eigenvalue weighted by Gasteiger charge is -2.29. The molecule has 0 atom stereocenters. The fourth-order valence-electron chi connectivity index (χ4n) is 8.38. The van der Waals surface area contributed by atoms with Gasteiger partial charge in [-0.2, -0.15) is 0 Å². The number of nitrogens with zero attached hydrogens (tertiary/aromatic N) is 1. The van der Waals surface area contributed by atoms with Gasteiger partial charge in [-0.1, -0.05) is 146 Å². The van der Waals surface area contributed by atoms with Crippen LogP contribution in [0.2, 0.25) is 0 Å². The fourth-order valence-corrected chi connectivity index (χ4v) is 9.51. The van der Waals surface area contributed by atoms with Crippen LogP contribution >= 0.6 is 11.3 Å². The van der Waals surface area contributed by atoms with Crippen LogP contribution in [0.25, 0.3) is 86.3 Å². The maximum atomic E-state index is 6.28. The predicted octanol–water partition coefficient (Wildman–Crippen LogP) is 15.6. The lowest BCUT2D eigenvalue weighted by molar-refractivity contribution is 0.669. The molecule has 2 heterocycles. The monoisotopic (exact) mass is 719 g/mol. The molecule has 0 unspecified atom stereocenters. The summed E-state index contributed by atoms with van der Waals surface area (Å²) in [4.78, 5) is 2.47. The molecule has 2 aromatic heterocycles. The Morgan fingerprint density at radius 3 is 1.87 bits per heavy atom. The summed E-state index contributed by atoms with van der Waals surface area (Å²) in [5.41, 5.74) is 12.3. The molecule has 11 aromatic rings. The highest BCUT2D eigenvalue weighted by Gasteiger charge is 2.22. The van der Waals surface area contributed by atoms with E-state index in [1.54, 1.807) is 0 Å². The SMILES string of the molecule is c1ccc(-c2cccc3cccc(-c4ccccc4N(c4ccc(-c5ccc6c(c5)oc5ccccc56)cc4)c4cccc5sc6ccccc6c45)c23)cc1. The third kappa shape index (κ3) is 5.24. The van der Waals surface area contributed by atoms with Crippen molar-refractivity contribution in [3.63, 3.8) is 0 Å². The van der Waals surface area contributed by atoms with Crippen molar-refractivity contribution < 1.29 is 4.42 Å². The van der Waals surface area contributed by atoms with Crippen molar-refractivity contribution in [1.82, 2.24) is 0 Å². The lowest BCUT2D eigenvalue weighted by atomic mass is 9.90. The summed E-state index contributed by atoms with van der Waals surface area (Å²) in [5, 5.41) is 7.29. The molecule has 0 radical (unpaired) electrons. The van der Waals surface area contributed by atoms with Crippen LogP contribution in [0.5, 0.6) is 0 Å². The van der Waals surface area contributed by atoms with E-state index in [9.17, 15) is 0 Å². The number of fused-ring (bicyclic) bond motifs is 7. The molecule has 9 aromatic carbocycles. The molecule has 0 spiro atoms. The Bertz CT molecular complexity index is 3200. The van der Waals surface area contributed by atoms with Crippen molar-refractivity contribution in [2.24, 2.45) is 0 Å². The van der Waals surface area contributed by atoms with Crippen LogP contribution in [0.4, 0.5) is 17.1 Å². The van der Waals surface area contributed by atoms with E-state index in [4.69, 9.17) is 4.42 Å². The molecule has 55 heavy (non-hydrogen) atoms. The second-order valence-electron chi connectivity index (χ2n) is 14.0. The number of benzene rings is 9. The second kappa shape index (κ2) is 12.9. The molecule has 0 aliphatic rings. The Morgan fingerprint density at radius 1 is 0.364 bits per heavy atom. The van der Waals surface area contributed by atoms with Gasteiger partial charge in [0.15, 0.2) is 0 Å². The average Bonchev–Trinajstić information content (AvgIpc) is 3.83. The summed E-state index contributed by atoms with van der Waals surface area (Å²) in [5.74, 6) is 0. The van der Waals surface area contributed by atoms with Gasteiger partial charge in [0.2, 0.25) is 0 Å². The molecule has 3 heteroatoms. The topological polar surface area (TPSA) is 16.4 Å². The lowest BCUT2D eigenvalue weighted by Crippen LogP contribution is -2.11. The predicted molar refractivity (Wildman–Crippen MR) is 235 cm³/mol. The zero-order valence-corrected chi connectivity index (χ0v) is 30.6. The molecular formula is C52H33NOS. The third-order valence-electron chi connectivity index (χ3n) is 10.9. The van der Waals surface area contributed by atoms with Crippen LogP contribution < -0.4 is 4.90 Å². The summed E-state index contributed by atoms with van der Waals surface area (Å²) >= 11 is 1.85. The van der Waals surface area contributed by atoms with Crippen molar-refractivity contribution >= 4 is 81.3 Å². The van der Waals surface area contributed by atoms with E-state index in [1.807, 2.05) is 23.5 Å². The zero-order chi connectivity index (χ0) is 36.3. The smallest absolute Gasteiger partial charge is 0.136 e. The van der Waals surface area contributed by atoms with Crippen LogP contribution in [0.15, 0.2) is 205 Å². The van der Waals surface area contributed by atoms with Gasteiger partial charge in [-0.3, -0.25) is 0 Å². The Morgan fingerprint density at radius 2 is 1.00 bits per heavy atom. The normalized spacial score (nSPS) is 11.6. The van der Waals surface area contributed by atoms with E-state index in [2.05, 4.69) is 193 Å². The number of thiophene rings is 1. The molecule has 258 valence electrons. The second-order valence-corrected chi connectivity index (χ2v) is 15.1. The molecule has 11 rings (SSSR count). The van der Waals surface area contributed by atoms with E-state index in [1.165, 1.54) is 53.2 Å². The van der Waals surface area contributed by atoms with E-state index in [-0.39, 0.29) is 0 Å². The van der Waals surface area contributed by atoms with Crippen LogP contribution in [-0.2, 0) is 0 Å². The highest BCUT2D eigenvalue weighted by Crippen LogP contribution is 2.49. The van der Waals surface area contributed by atoms with Gasteiger partial charge in [0.1, 0.15) is 11.2 Å². The molecular weight excluding hydrogens is 687 g/mol. The van der Waals surface area contributed by atoms with Gasteiger partial charge in [0, 0.05) is 42.2 Å². The molecule has 0 bridgehead atoms. The fraction of sp³-hybridized carbons (Fsp3) is 0. The van der Waals surface area contributed by atoms with Gasteiger partial charge in [0.05, 0.1) is 11.4 Å². The summed E-state index contributed by atoms with van der Waals surface area (Å²) in [6, 6.07) is 72.3. The number of para-hydroxylation sites is 2. The van der Waals surface area contributed by atoms with Gasteiger partial charge in [0.25, 0.3) is 0 Å². The zero-order valence-electron chi connectivity index (χ0n) is 29.8. The average molecular weight is 720 g/mol. The van der Waals surface area contributed by atoms with E-state index >= 15 is 0 Å². The van der Waals surface area contributed by atoms with Gasteiger partial charge in [-0.15, -0.1) is 11.3 Å². The van der Waals surface area contributed by atoms with Crippen molar-refractivity contribution in [2.45, 2.75) is 0 Å². The molecule has 0 N–H and O–H groups in total. The van der Waals surface area contributed by atoms with Crippen molar-refractivity contribution in [3.05, 3.63) is 200 Å². The minimum atomic E-state index is 0.902. The third-order valence-corrected chi connectivity index (χ3v) is 12.0. The first-order valence-corrected chi connectivity index (χ1v) is 19.5. The van der Waals surface area contributed by atoms with Gasteiger partial charge in [-0.05, 0) is 93.2 Å². The Balaban J connectivity index is 1.13. The van der Waals surface area contributed by atoms with Gasteiger partial charge < -0.3 is 9.32 Å². The first kappa shape index (κ1) is 31.6. The number of hydrogen-bond donors (Lipinski definition) is 0. The summed E-state index contributed by atoms with van der Waals surface area (Å²) in [6.45, 7) is 0. The molecule has 0 amide bonds.